The van der Waals surface area contributed by atoms with Crippen LogP contribution < -0.4 is 30.0 Å². The zero-order chi connectivity index (χ0) is 20.0. The predicted molar refractivity (Wildman–Crippen MR) is 123 cm³/mol. The Hall–Kier alpha value is -1.18. The number of halogens is 2. The van der Waals surface area contributed by atoms with Crippen molar-refractivity contribution in [3.63, 3.8) is 0 Å². The second-order valence-corrected chi connectivity index (χ2v) is 24.2. The molecule has 2 atom stereocenters. The Balaban J connectivity index is 0.00000136. The quantitative estimate of drug-likeness (QED) is 0.424. The maximum absolute atomic E-state index is 2.62. The molecule has 0 bridgehead atoms. The first-order valence-electron chi connectivity index (χ1n) is 10.5. The first kappa shape index (κ1) is 24.5. The molecule has 0 heterocycles. The number of fused-ring (bicyclic) bond motifs is 2. The molecule has 0 aliphatic heterocycles. The van der Waals surface area contributed by atoms with Crippen LogP contribution in [0, 0.1) is 0 Å². The largest absolute Gasteiger partial charge is 1.00 e. The van der Waals surface area contributed by atoms with Gasteiger partial charge in [-0.3, -0.25) is 0 Å². The molecule has 156 valence electrons. The molecule has 2 aliphatic carbocycles. The third-order valence-corrected chi connectivity index (χ3v) is 27.4. The van der Waals surface area contributed by atoms with E-state index in [4.69, 9.17) is 0 Å². The Labute approximate surface area is 206 Å². The Bertz CT molecular complexity index is 1130. The summed E-state index contributed by atoms with van der Waals surface area (Å²) in [5, 5.41) is 1.63. The van der Waals surface area contributed by atoms with Crippen LogP contribution in [0.2, 0.25) is 6.55 Å². The van der Waals surface area contributed by atoms with E-state index in [-0.39, 0.29) is 24.8 Å². The van der Waals surface area contributed by atoms with Crippen molar-refractivity contribution < 1.29 is 45.2 Å². The fourth-order valence-electron chi connectivity index (χ4n) is 5.24. The molecule has 4 heteroatoms. The van der Waals surface area contributed by atoms with Gasteiger partial charge in [0.05, 0.1) is 0 Å². The molecule has 0 radical (unpaired) electrons. The number of hydrogen-bond donors (Lipinski definition) is 0. The molecule has 0 aromatic heterocycles. The molecule has 0 N–H and O–H groups in total. The van der Waals surface area contributed by atoms with E-state index in [1.807, 2.05) is 0 Å². The van der Waals surface area contributed by atoms with E-state index >= 15 is 0 Å². The summed E-state index contributed by atoms with van der Waals surface area (Å²) in [6.07, 6.45) is 4.95. The van der Waals surface area contributed by atoms with Gasteiger partial charge in [0.25, 0.3) is 0 Å². The van der Waals surface area contributed by atoms with Gasteiger partial charge in [0.15, 0.2) is 0 Å². The summed E-state index contributed by atoms with van der Waals surface area (Å²) >= 11 is -2.06. The van der Waals surface area contributed by atoms with Crippen molar-refractivity contribution >= 4 is 22.8 Å². The van der Waals surface area contributed by atoms with Crippen LogP contribution in [0.15, 0.2) is 90.0 Å². The van der Waals surface area contributed by atoms with Crippen molar-refractivity contribution in [3.8, 4) is 0 Å². The molecular formula is C27H26Cl2SiZr. The van der Waals surface area contributed by atoms with Gasteiger partial charge in [0.2, 0.25) is 0 Å². The first-order valence-corrected chi connectivity index (χ1v) is 19.0. The zero-order valence-electron chi connectivity index (χ0n) is 18.1. The van der Waals surface area contributed by atoms with Crippen molar-refractivity contribution in [2.24, 2.45) is 0 Å². The van der Waals surface area contributed by atoms with Gasteiger partial charge >= 0.3 is 183 Å². The SMILES string of the molecule is CC1=Cc2ccccc2[CH]1[Zr+2]([CH]1C(C)=Cc2ccccc21)=[Si](C)c1ccccc1.[Cl-].[Cl-]. The van der Waals surface area contributed by atoms with E-state index in [0.717, 1.165) is 0 Å². The maximum atomic E-state index is 2.62. The molecule has 3 aromatic carbocycles. The minimum atomic E-state index is -2.06. The minimum absolute atomic E-state index is 0. The Morgan fingerprint density at radius 1 is 0.613 bits per heavy atom. The molecule has 0 fully saturated rings. The molecule has 5 rings (SSSR count). The average Bonchev–Trinajstić information content (AvgIpc) is 3.25. The van der Waals surface area contributed by atoms with Crippen LogP contribution in [0.25, 0.3) is 12.2 Å². The third kappa shape index (κ3) is 4.38. The van der Waals surface area contributed by atoms with E-state index in [9.17, 15) is 0 Å². The monoisotopic (exact) mass is 538 g/mol. The smallest absolute Gasteiger partial charge is 1.00 e. The van der Waals surface area contributed by atoms with Gasteiger partial charge in [-0.2, -0.15) is 0 Å². The third-order valence-electron chi connectivity index (χ3n) is 6.55. The van der Waals surface area contributed by atoms with Crippen LogP contribution in [0.3, 0.4) is 0 Å². The van der Waals surface area contributed by atoms with Crippen molar-refractivity contribution in [3.05, 3.63) is 112 Å². The summed E-state index contributed by atoms with van der Waals surface area (Å²) in [7, 11) is 0. The van der Waals surface area contributed by atoms with Crippen LogP contribution in [-0.2, 0) is 20.4 Å². The zero-order valence-corrected chi connectivity index (χ0v) is 23.0. The number of benzene rings is 3. The standard InChI is InChI=1S/2C10H9.C7H8Si.2ClH.Zr/c2*1-8-6-9-4-2-3-5-10(9)7-8;1-8-7-5-3-2-4-6-7;;;/h2*2-7H,1H3;2-6H,1H3;2*1H;/q;;;;;+2/p-2. The topological polar surface area (TPSA) is 0 Å². The van der Waals surface area contributed by atoms with Gasteiger partial charge in [0, 0.05) is 0 Å². The summed E-state index contributed by atoms with van der Waals surface area (Å²) < 4.78 is 1.37. The Morgan fingerprint density at radius 3 is 1.52 bits per heavy atom. The molecule has 0 amide bonds. The van der Waals surface area contributed by atoms with E-state index in [1.54, 1.807) is 27.5 Å². The van der Waals surface area contributed by atoms with Gasteiger partial charge in [-0.05, 0) is 0 Å². The maximum Gasteiger partial charge on any atom is -1.00 e. The normalized spacial score (nSPS) is 17.7. The predicted octanol–water partition coefficient (Wildman–Crippen LogP) is 0.458. The molecular weight excluding hydrogens is 515 g/mol. The van der Waals surface area contributed by atoms with E-state index < -0.39 is 25.8 Å². The summed E-state index contributed by atoms with van der Waals surface area (Å²) in [5.41, 5.74) is 8.75. The fraction of sp³-hybridized carbons (Fsp3) is 0.185. The number of allylic oxidation sites excluding steroid dienone is 2. The summed E-state index contributed by atoms with van der Waals surface area (Å²) in [6, 6.07) is 29.8. The van der Waals surface area contributed by atoms with Crippen LogP contribution in [-0.4, -0.2) is 5.43 Å². The first-order chi connectivity index (χ1) is 14.1. The van der Waals surface area contributed by atoms with Crippen molar-refractivity contribution in [1.29, 1.82) is 0 Å². The van der Waals surface area contributed by atoms with Crippen LogP contribution >= 0.6 is 0 Å². The average molecular weight is 541 g/mol. The summed E-state index contributed by atoms with van der Waals surface area (Å²) in [4.78, 5) is 0. The van der Waals surface area contributed by atoms with Gasteiger partial charge in [-0.25, -0.2) is 0 Å². The number of rotatable bonds is 3. The Kier molecular flexibility index (Phi) is 8.03. The van der Waals surface area contributed by atoms with E-state index in [1.165, 1.54) is 11.1 Å². The Morgan fingerprint density at radius 2 is 1.03 bits per heavy atom. The molecule has 0 saturated heterocycles. The molecule has 0 saturated carbocycles. The second-order valence-electron chi connectivity index (χ2n) is 8.35. The molecule has 2 unspecified atom stereocenters. The van der Waals surface area contributed by atoms with Gasteiger partial charge in [-0.15, -0.1) is 0 Å². The van der Waals surface area contributed by atoms with Crippen LogP contribution in [0.1, 0.15) is 43.4 Å². The van der Waals surface area contributed by atoms with Crippen molar-refractivity contribution in [2.45, 2.75) is 27.6 Å². The molecule has 0 nitrogen and oxygen atoms in total. The molecule has 31 heavy (non-hydrogen) atoms. The number of hydrogen-bond acceptors (Lipinski definition) is 0. The molecule has 0 spiro atoms. The van der Waals surface area contributed by atoms with E-state index in [0.29, 0.717) is 7.25 Å². The van der Waals surface area contributed by atoms with Crippen molar-refractivity contribution in [1.82, 2.24) is 0 Å². The van der Waals surface area contributed by atoms with Crippen LogP contribution in [0.5, 0.6) is 0 Å². The van der Waals surface area contributed by atoms with Gasteiger partial charge < -0.3 is 24.8 Å². The van der Waals surface area contributed by atoms with Crippen molar-refractivity contribution in [2.75, 3.05) is 0 Å². The minimum Gasteiger partial charge on any atom is -1.00 e. The van der Waals surface area contributed by atoms with Gasteiger partial charge in [0.1, 0.15) is 0 Å². The molecule has 3 aromatic rings. The molecule has 2 aliphatic rings. The summed E-state index contributed by atoms with van der Waals surface area (Å²) in [6.45, 7) is 7.41. The van der Waals surface area contributed by atoms with E-state index in [2.05, 4.69) is 111 Å². The van der Waals surface area contributed by atoms with Gasteiger partial charge in [-0.1, -0.05) is 0 Å². The fourth-order valence-corrected chi connectivity index (χ4v) is 28.3. The van der Waals surface area contributed by atoms with Crippen LogP contribution in [0.4, 0.5) is 0 Å². The second kappa shape index (κ2) is 10.2. The summed E-state index contributed by atoms with van der Waals surface area (Å²) in [5.74, 6) is 0.